The van der Waals surface area contributed by atoms with Gasteiger partial charge >= 0.3 is 0 Å². The summed E-state index contributed by atoms with van der Waals surface area (Å²) in [5.74, 6) is 0. The monoisotopic (exact) mass is 156 g/mol. The molecule has 11 heavy (non-hydrogen) atoms. The maximum Gasteiger partial charge on any atom is 0.104 e. The molecule has 0 amide bonds. The summed E-state index contributed by atoms with van der Waals surface area (Å²) in [6.07, 6.45) is 0.535. The summed E-state index contributed by atoms with van der Waals surface area (Å²) in [5.41, 5.74) is 4.52. The van der Waals surface area contributed by atoms with Crippen LogP contribution in [0.15, 0.2) is 0 Å². The van der Waals surface area contributed by atoms with Crippen molar-refractivity contribution in [3.8, 4) is 6.07 Å². The van der Waals surface area contributed by atoms with E-state index in [1.165, 1.54) is 0 Å². The van der Waals surface area contributed by atoms with Gasteiger partial charge in [0.15, 0.2) is 0 Å². The van der Waals surface area contributed by atoms with Crippen molar-refractivity contribution in [1.29, 1.82) is 5.26 Å². The molecule has 1 unspecified atom stereocenters. The van der Waals surface area contributed by atoms with E-state index in [1.54, 1.807) is 14.0 Å². The van der Waals surface area contributed by atoms with Gasteiger partial charge in [0.1, 0.15) is 5.54 Å². The zero-order valence-electron chi connectivity index (χ0n) is 7.64. The van der Waals surface area contributed by atoms with Gasteiger partial charge in [-0.05, 0) is 20.8 Å². The van der Waals surface area contributed by atoms with Crippen LogP contribution in [-0.4, -0.2) is 18.2 Å². The highest BCUT2D eigenvalue weighted by Crippen LogP contribution is 2.20. The lowest BCUT2D eigenvalue weighted by Gasteiger charge is -2.28. The largest absolute Gasteiger partial charge is 0.379 e. The van der Waals surface area contributed by atoms with Crippen molar-refractivity contribution in [3.05, 3.63) is 0 Å². The Morgan fingerprint density at radius 2 is 1.91 bits per heavy atom. The summed E-state index contributed by atoms with van der Waals surface area (Å²) >= 11 is 0. The Morgan fingerprint density at radius 1 is 1.45 bits per heavy atom. The molecule has 1 atom stereocenters. The topological polar surface area (TPSA) is 59.0 Å². The van der Waals surface area contributed by atoms with Crippen LogP contribution in [0.1, 0.15) is 27.2 Å². The highest BCUT2D eigenvalue weighted by Gasteiger charge is 2.28. The number of nitriles is 1. The fourth-order valence-electron chi connectivity index (χ4n) is 0.996. The molecule has 0 aromatic rings. The number of hydrogen-bond acceptors (Lipinski definition) is 3. The molecule has 0 heterocycles. The molecule has 0 aliphatic heterocycles. The molecule has 0 aromatic heterocycles. The van der Waals surface area contributed by atoms with E-state index in [0.717, 1.165) is 0 Å². The van der Waals surface area contributed by atoms with Crippen LogP contribution in [0.4, 0.5) is 0 Å². The van der Waals surface area contributed by atoms with Crippen LogP contribution in [0.2, 0.25) is 0 Å². The van der Waals surface area contributed by atoms with E-state index in [9.17, 15) is 0 Å². The number of rotatable bonds is 3. The van der Waals surface area contributed by atoms with Crippen LogP contribution in [-0.2, 0) is 4.74 Å². The molecule has 64 valence electrons. The van der Waals surface area contributed by atoms with Crippen molar-refractivity contribution in [3.63, 3.8) is 0 Å². The molecule has 0 rings (SSSR count). The summed E-state index contributed by atoms with van der Waals surface area (Å²) in [4.78, 5) is 0. The molecule has 0 radical (unpaired) electrons. The smallest absolute Gasteiger partial charge is 0.104 e. The zero-order valence-corrected chi connectivity index (χ0v) is 7.64. The van der Waals surface area contributed by atoms with Gasteiger partial charge in [-0.3, -0.25) is 0 Å². The first-order chi connectivity index (χ1) is 4.83. The lowest BCUT2D eigenvalue weighted by molar-refractivity contribution is 0.00532. The lowest BCUT2D eigenvalue weighted by atomic mass is 9.90. The fourth-order valence-corrected chi connectivity index (χ4v) is 0.996. The molecular weight excluding hydrogens is 140 g/mol. The number of nitrogens with two attached hydrogens (primary N) is 1. The van der Waals surface area contributed by atoms with Gasteiger partial charge in [0, 0.05) is 13.5 Å². The first kappa shape index (κ1) is 10.4. The number of nitrogens with zero attached hydrogens (tertiary/aromatic N) is 1. The fraction of sp³-hybridized carbons (Fsp3) is 0.875. The Balaban J connectivity index is 4.16. The van der Waals surface area contributed by atoms with Crippen LogP contribution in [0.25, 0.3) is 0 Å². The van der Waals surface area contributed by atoms with Gasteiger partial charge in [-0.2, -0.15) is 5.26 Å². The van der Waals surface area contributed by atoms with Crippen LogP contribution in [0, 0.1) is 11.3 Å². The Bertz CT molecular complexity index is 167. The molecule has 0 saturated carbocycles. The van der Waals surface area contributed by atoms with Gasteiger partial charge in [0.25, 0.3) is 0 Å². The van der Waals surface area contributed by atoms with E-state index in [4.69, 9.17) is 15.7 Å². The SMILES string of the molecule is COC(C)(C)CC(C)(N)C#N. The normalized spacial score (nSPS) is 17.1. The second kappa shape index (κ2) is 3.21. The lowest BCUT2D eigenvalue weighted by Crippen LogP contribution is -2.42. The molecule has 0 aromatic carbocycles. The van der Waals surface area contributed by atoms with E-state index in [2.05, 4.69) is 0 Å². The molecule has 2 N–H and O–H groups in total. The molecule has 0 bridgehead atoms. The van der Waals surface area contributed by atoms with Gasteiger partial charge in [-0.1, -0.05) is 0 Å². The Morgan fingerprint density at radius 3 is 2.18 bits per heavy atom. The average molecular weight is 156 g/mol. The van der Waals surface area contributed by atoms with Crippen LogP contribution < -0.4 is 5.73 Å². The number of ether oxygens (including phenoxy) is 1. The van der Waals surface area contributed by atoms with Gasteiger partial charge in [0.05, 0.1) is 11.7 Å². The van der Waals surface area contributed by atoms with Crippen LogP contribution in [0.5, 0.6) is 0 Å². The highest BCUT2D eigenvalue weighted by atomic mass is 16.5. The van der Waals surface area contributed by atoms with Gasteiger partial charge < -0.3 is 10.5 Å². The van der Waals surface area contributed by atoms with E-state index in [0.29, 0.717) is 6.42 Å². The van der Waals surface area contributed by atoms with E-state index >= 15 is 0 Å². The predicted molar refractivity (Wildman–Crippen MR) is 43.9 cm³/mol. The van der Waals surface area contributed by atoms with Crippen molar-refractivity contribution in [2.75, 3.05) is 7.11 Å². The van der Waals surface area contributed by atoms with E-state index < -0.39 is 5.54 Å². The predicted octanol–water partition coefficient (Wildman–Crippen LogP) is 1.04. The number of methoxy groups -OCH3 is 1. The minimum atomic E-state index is -0.792. The Labute approximate surface area is 68.1 Å². The van der Waals surface area contributed by atoms with Crippen LogP contribution >= 0.6 is 0 Å². The molecule has 0 saturated heterocycles. The quantitative estimate of drug-likeness (QED) is 0.664. The minimum Gasteiger partial charge on any atom is -0.379 e. The highest BCUT2D eigenvalue weighted by molar-refractivity contribution is 5.04. The summed E-state index contributed by atoms with van der Waals surface area (Å²) in [7, 11) is 1.62. The second-order valence-electron chi connectivity index (χ2n) is 3.67. The van der Waals surface area contributed by atoms with Gasteiger partial charge in [0.2, 0.25) is 0 Å². The standard InChI is InChI=1S/C8H16N2O/c1-7(2,11-4)5-8(3,10)6-9/h5,10H2,1-4H3. The van der Waals surface area contributed by atoms with Gasteiger partial charge in [-0.15, -0.1) is 0 Å². The third kappa shape index (κ3) is 3.97. The van der Waals surface area contributed by atoms with Crippen molar-refractivity contribution in [2.45, 2.75) is 38.3 Å². The molecule has 0 aliphatic rings. The molecule has 0 aliphatic carbocycles. The molecule has 3 nitrogen and oxygen atoms in total. The zero-order chi connectivity index (χ0) is 9.12. The molecular formula is C8H16N2O. The summed E-state index contributed by atoms with van der Waals surface area (Å²) in [6.45, 7) is 5.53. The molecule has 0 spiro atoms. The third-order valence-corrected chi connectivity index (χ3v) is 1.60. The minimum absolute atomic E-state index is 0.320. The maximum absolute atomic E-state index is 8.62. The van der Waals surface area contributed by atoms with Crippen molar-refractivity contribution in [2.24, 2.45) is 5.73 Å². The summed E-state index contributed by atoms with van der Waals surface area (Å²) < 4.78 is 5.14. The molecule has 3 heteroatoms. The Kier molecular flexibility index (Phi) is 3.03. The van der Waals surface area contributed by atoms with E-state index in [1.807, 2.05) is 19.9 Å². The molecule has 0 fully saturated rings. The van der Waals surface area contributed by atoms with Crippen molar-refractivity contribution < 1.29 is 4.74 Å². The number of hydrogen-bond donors (Lipinski definition) is 1. The first-order valence-corrected chi connectivity index (χ1v) is 3.58. The van der Waals surface area contributed by atoms with E-state index in [-0.39, 0.29) is 5.60 Å². The average Bonchev–Trinajstić information content (AvgIpc) is 1.86. The van der Waals surface area contributed by atoms with Crippen LogP contribution in [0.3, 0.4) is 0 Å². The third-order valence-electron chi connectivity index (χ3n) is 1.60. The van der Waals surface area contributed by atoms with Crippen molar-refractivity contribution >= 4 is 0 Å². The van der Waals surface area contributed by atoms with Gasteiger partial charge in [-0.25, -0.2) is 0 Å². The maximum atomic E-state index is 8.62. The summed E-state index contributed by atoms with van der Waals surface area (Å²) in [5, 5.41) is 8.62. The first-order valence-electron chi connectivity index (χ1n) is 3.58. The summed E-state index contributed by atoms with van der Waals surface area (Å²) in [6, 6.07) is 2.03. The second-order valence-corrected chi connectivity index (χ2v) is 3.67. The Hall–Kier alpha value is -0.590. The van der Waals surface area contributed by atoms with Crippen molar-refractivity contribution in [1.82, 2.24) is 0 Å².